The van der Waals surface area contributed by atoms with Gasteiger partial charge in [0.25, 0.3) is 0 Å². The highest BCUT2D eigenvalue weighted by atomic mass is 32.1. The molecule has 5 heteroatoms. The molecule has 0 saturated heterocycles. The van der Waals surface area contributed by atoms with E-state index in [9.17, 15) is 9.90 Å². The van der Waals surface area contributed by atoms with Crippen LogP contribution in [0.4, 0.5) is 0 Å². The summed E-state index contributed by atoms with van der Waals surface area (Å²) in [5.41, 5.74) is 3.75. The Morgan fingerprint density at radius 3 is 2.72 bits per heavy atom. The van der Waals surface area contributed by atoms with E-state index < -0.39 is 5.97 Å². The number of nitrogens with zero attached hydrogens (tertiary/aromatic N) is 1. The molecule has 5 rings (SSSR count). The lowest BCUT2D eigenvalue weighted by molar-refractivity contribution is 0.0698. The van der Waals surface area contributed by atoms with E-state index in [0.29, 0.717) is 28.3 Å². The number of carbonyl (C=O) groups is 1. The topological polar surface area (TPSA) is 59.4 Å². The van der Waals surface area contributed by atoms with Crippen LogP contribution in [0.15, 0.2) is 42.5 Å². The summed E-state index contributed by atoms with van der Waals surface area (Å²) in [4.78, 5) is 18.4. The third kappa shape index (κ3) is 3.65. The van der Waals surface area contributed by atoms with Crippen molar-refractivity contribution in [1.82, 2.24) is 4.98 Å². The van der Waals surface area contributed by atoms with Crippen LogP contribution in [0.5, 0.6) is 5.75 Å². The number of benzene rings is 2. The van der Waals surface area contributed by atoms with Gasteiger partial charge < -0.3 is 9.84 Å². The van der Waals surface area contributed by atoms with Crippen LogP contribution in [0.1, 0.15) is 54.1 Å². The van der Waals surface area contributed by atoms with Crippen LogP contribution in [-0.4, -0.2) is 22.2 Å². The highest BCUT2D eigenvalue weighted by molar-refractivity contribution is 7.22. The zero-order valence-electron chi connectivity index (χ0n) is 18.6. The number of hydrogen-bond donors (Lipinski definition) is 1. The van der Waals surface area contributed by atoms with Crippen LogP contribution in [0.2, 0.25) is 0 Å². The smallest absolute Gasteiger partial charge is 0.336 e. The Kier molecular flexibility index (Phi) is 5.38. The Balaban J connectivity index is 1.68. The number of aromatic carboxylic acids is 1. The zero-order chi connectivity index (χ0) is 22.4. The van der Waals surface area contributed by atoms with E-state index in [0.717, 1.165) is 35.3 Å². The summed E-state index contributed by atoms with van der Waals surface area (Å²) < 4.78 is 7.58. The fourth-order valence-electron chi connectivity index (χ4n) is 4.91. The molecule has 4 nitrogen and oxygen atoms in total. The van der Waals surface area contributed by atoms with E-state index in [-0.39, 0.29) is 11.7 Å². The number of thiophene rings is 1. The van der Waals surface area contributed by atoms with Crippen molar-refractivity contribution >= 4 is 38.3 Å². The van der Waals surface area contributed by atoms with Gasteiger partial charge in [-0.1, -0.05) is 37.6 Å². The van der Waals surface area contributed by atoms with Crippen LogP contribution in [-0.2, 0) is 0 Å². The number of aromatic nitrogens is 1. The van der Waals surface area contributed by atoms with Gasteiger partial charge >= 0.3 is 5.97 Å². The molecule has 1 N–H and O–H groups in total. The molecule has 2 aromatic heterocycles. The number of pyridine rings is 1. The van der Waals surface area contributed by atoms with E-state index in [4.69, 9.17) is 9.72 Å². The van der Waals surface area contributed by atoms with Gasteiger partial charge in [0.1, 0.15) is 5.75 Å². The molecular formula is C27H27NO3S. The molecule has 0 amide bonds. The molecule has 2 aromatic carbocycles. The van der Waals surface area contributed by atoms with Gasteiger partial charge in [-0.2, -0.15) is 0 Å². The molecule has 0 aliphatic heterocycles. The van der Waals surface area contributed by atoms with Crippen molar-refractivity contribution in [3.8, 4) is 16.3 Å². The summed E-state index contributed by atoms with van der Waals surface area (Å²) in [6.45, 7) is 6.32. The number of carboxylic acid groups (broad SMARTS) is 1. The molecule has 2 atom stereocenters. The minimum atomic E-state index is -0.954. The van der Waals surface area contributed by atoms with E-state index in [1.807, 2.05) is 31.2 Å². The summed E-state index contributed by atoms with van der Waals surface area (Å²) in [6.07, 6.45) is 4.51. The van der Waals surface area contributed by atoms with Crippen molar-refractivity contribution in [3.05, 3.63) is 59.2 Å². The molecule has 2 heterocycles. The largest absolute Gasteiger partial charge is 0.490 e. The van der Waals surface area contributed by atoms with Gasteiger partial charge in [-0.15, -0.1) is 11.3 Å². The first kappa shape index (κ1) is 21.0. The standard InChI is InChI=1S/C27H27NO3S/c1-15-7-6-8-18(13-15)31-22-12-11-16(2)25-24(22)20(27(29)30)14-21(28-25)26-17(3)19-9-4-5-10-23(19)32-26/h4-5,9-12,14-15,18H,6-8,13H2,1-3H3,(H,29,30)/t15-,18+/m0/s1. The first-order valence-corrected chi connectivity index (χ1v) is 12.1. The lowest BCUT2D eigenvalue weighted by Crippen LogP contribution is -2.24. The second-order valence-corrected chi connectivity index (χ2v) is 10.1. The fraction of sp³-hybridized carbons (Fsp3) is 0.333. The third-order valence-electron chi connectivity index (χ3n) is 6.61. The molecule has 1 saturated carbocycles. The molecule has 164 valence electrons. The molecule has 1 fully saturated rings. The summed E-state index contributed by atoms with van der Waals surface area (Å²) >= 11 is 1.66. The van der Waals surface area contributed by atoms with Crippen LogP contribution >= 0.6 is 11.3 Å². The van der Waals surface area contributed by atoms with E-state index in [1.165, 1.54) is 16.5 Å². The van der Waals surface area contributed by atoms with E-state index in [1.54, 1.807) is 17.4 Å². The van der Waals surface area contributed by atoms with Crippen molar-refractivity contribution in [3.63, 3.8) is 0 Å². The number of rotatable bonds is 4. The Hall–Kier alpha value is -2.92. The summed E-state index contributed by atoms with van der Waals surface area (Å²) in [5, 5.41) is 11.9. The predicted molar refractivity (Wildman–Crippen MR) is 131 cm³/mol. The summed E-state index contributed by atoms with van der Waals surface area (Å²) in [7, 11) is 0. The predicted octanol–water partition coefficient (Wildman–Crippen LogP) is 7.39. The van der Waals surface area contributed by atoms with Crippen molar-refractivity contribution in [1.29, 1.82) is 0 Å². The van der Waals surface area contributed by atoms with Crippen LogP contribution in [0.25, 0.3) is 31.6 Å². The normalized spacial score (nSPS) is 18.8. The van der Waals surface area contributed by atoms with Gasteiger partial charge in [0, 0.05) is 4.70 Å². The van der Waals surface area contributed by atoms with Gasteiger partial charge in [0.2, 0.25) is 0 Å². The number of ether oxygens (including phenoxy) is 1. The molecular weight excluding hydrogens is 418 g/mol. The maximum atomic E-state index is 12.4. The molecule has 32 heavy (non-hydrogen) atoms. The second-order valence-electron chi connectivity index (χ2n) is 9.03. The van der Waals surface area contributed by atoms with Gasteiger partial charge in [-0.3, -0.25) is 0 Å². The monoisotopic (exact) mass is 445 g/mol. The number of fused-ring (bicyclic) bond motifs is 2. The first-order chi connectivity index (χ1) is 15.4. The fourth-order valence-corrected chi connectivity index (χ4v) is 6.08. The van der Waals surface area contributed by atoms with Gasteiger partial charge in [0.15, 0.2) is 0 Å². The Morgan fingerprint density at radius 1 is 1.16 bits per heavy atom. The zero-order valence-corrected chi connectivity index (χ0v) is 19.5. The number of aryl methyl sites for hydroxylation is 2. The second kappa shape index (κ2) is 8.21. The molecule has 0 unspecified atom stereocenters. The lowest BCUT2D eigenvalue weighted by atomic mass is 9.88. The minimum Gasteiger partial charge on any atom is -0.490 e. The van der Waals surface area contributed by atoms with Gasteiger partial charge in [-0.05, 0) is 73.7 Å². The van der Waals surface area contributed by atoms with E-state index >= 15 is 0 Å². The van der Waals surface area contributed by atoms with E-state index in [2.05, 4.69) is 26.0 Å². The molecule has 1 aliphatic carbocycles. The van der Waals surface area contributed by atoms with Crippen molar-refractivity contribution < 1.29 is 14.6 Å². The lowest BCUT2D eigenvalue weighted by Gasteiger charge is -2.28. The molecule has 1 aliphatic rings. The van der Waals surface area contributed by atoms with Gasteiger partial charge in [0.05, 0.1) is 33.1 Å². The molecule has 0 spiro atoms. The summed E-state index contributed by atoms with van der Waals surface area (Å²) in [6, 6.07) is 13.9. The summed E-state index contributed by atoms with van der Waals surface area (Å²) in [5.74, 6) is 0.309. The highest BCUT2D eigenvalue weighted by Gasteiger charge is 2.24. The van der Waals surface area contributed by atoms with Crippen LogP contribution < -0.4 is 4.74 Å². The Labute approximate surface area is 191 Å². The first-order valence-electron chi connectivity index (χ1n) is 11.2. The van der Waals surface area contributed by atoms with Crippen LogP contribution in [0, 0.1) is 19.8 Å². The molecule has 0 radical (unpaired) electrons. The third-order valence-corrected chi connectivity index (χ3v) is 7.91. The van der Waals surface area contributed by atoms with Gasteiger partial charge in [-0.25, -0.2) is 9.78 Å². The maximum Gasteiger partial charge on any atom is 0.336 e. The van der Waals surface area contributed by atoms with Crippen LogP contribution in [0.3, 0.4) is 0 Å². The molecule has 0 bridgehead atoms. The van der Waals surface area contributed by atoms with Crippen molar-refractivity contribution in [2.45, 2.75) is 52.6 Å². The quantitative estimate of drug-likeness (QED) is 0.356. The maximum absolute atomic E-state index is 12.4. The average Bonchev–Trinajstić information content (AvgIpc) is 3.12. The SMILES string of the molecule is Cc1c(-c2cc(C(=O)O)c3c(O[C@@H]4CCC[C@H](C)C4)ccc(C)c3n2)sc2ccccc12. The highest BCUT2D eigenvalue weighted by Crippen LogP contribution is 2.41. The number of hydrogen-bond acceptors (Lipinski definition) is 4. The Bertz CT molecular complexity index is 1340. The van der Waals surface area contributed by atoms with Crippen molar-refractivity contribution in [2.75, 3.05) is 0 Å². The van der Waals surface area contributed by atoms with Crippen molar-refractivity contribution in [2.24, 2.45) is 5.92 Å². The number of carboxylic acids is 1. The minimum absolute atomic E-state index is 0.121. The average molecular weight is 446 g/mol. The molecule has 4 aromatic rings. The Morgan fingerprint density at radius 2 is 1.97 bits per heavy atom.